The van der Waals surface area contributed by atoms with Gasteiger partial charge in [0.2, 0.25) is 5.82 Å². The summed E-state index contributed by atoms with van der Waals surface area (Å²) in [5.74, 6) is -0.451. The van der Waals surface area contributed by atoms with Crippen LogP contribution in [-0.2, 0) is 21.7 Å². The number of alkyl halides is 3. The van der Waals surface area contributed by atoms with Crippen LogP contribution in [0, 0.1) is 5.41 Å². The van der Waals surface area contributed by atoms with Gasteiger partial charge in [0, 0.05) is 62.4 Å². The summed E-state index contributed by atoms with van der Waals surface area (Å²) in [6.07, 6.45) is 2.63. The Morgan fingerprint density at radius 1 is 1.13 bits per heavy atom. The van der Waals surface area contributed by atoms with Crippen LogP contribution in [0.1, 0.15) is 71.5 Å². The first-order chi connectivity index (χ1) is 17.7. The summed E-state index contributed by atoms with van der Waals surface area (Å²) in [6.45, 7) is 7.41. The number of nitrogens with zero attached hydrogens (tertiary/aromatic N) is 5. The van der Waals surface area contributed by atoms with Crippen LogP contribution in [0.4, 0.5) is 29.6 Å². The second kappa shape index (κ2) is 11.2. The molecular formula is C26H40F3N5O3S. The fourth-order valence-electron chi connectivity index (χ4n) is 5.84. The molecule has 0 bridgehead atoms. The van der Waals surface area contributed by atoms with Crippen molar-refractivity contribution in [3.05, 3.63) is 11.9 Å². The Bertz CT molecular complexity index is 1020. The zero-order valence-corrected chi connectivity index (χ0v) is 23.7. The van der Waals surface area contributed by atoms with Crippen molar-refractivity contribution in [3.8, 4) is 0 Å². The van der Waals surface area contributed by atoms with Gasteiger partial charge in [0.1, 0.15) is 17.2 Å². The van der Waals surface area contributed by atoms with Gasteiger partial charge in [-0.2, -0.15) is 13.2 Å². The summed E-state index contributed by atoms with van der Waals surface area (Å²) in [5.41, 5.74) is -0.508. The average Bonchev–Trinajstić information content (AvgIpc) is 2.84. The van der Waals surface area contributed by atoms with Gasteiger partial charge in [0.25, 0.3) is 0 Å². The highest BCUT2D eigenvalue weighted by molar-refractivity contribution is 7.85. The van der Waals surface area contributed by atoms with Gasteiger partial charge in [-0.05, 0) is 51.9 Å². The summed E-state index contributed by atoms with van der Waals surface area (Å²) in [4.78, 5) is 25.5. The van der Waals surface area contributed by atoms with Gasteiger partial charge in [-0.1, -0.05) is 19.3 Å². The van der Waals surface area contributed by atoms with E-state index in [1.807, 2.05) is 4.90 Å². The van der Waals surface area contributed by atoms with Gasteiger partial charge in [-0.25, -0.2) is 14.8 Å². The number of anilines is 2. The molecule has 1 aromatic rings. The van der Waals surface area contributed by atoms with Crippen molar-refractivity contribution in [3.63, 3.8) is 0 Å². The van der Waals surface area contributed by atoms with Gasteiger partial charge >= 0.3 is 12.3 Å². The molecule has 38 heavy (non-hydrogen) atoms. The molecule has 2 saturated heterocycles. The molecule has 4 rings (SSSR count). The summed E-state index contributed by atoms with van der Waals surface area (Å²) < 4.78 is 59.8. The Morgan fingerprint density at radius 2 is 1.82 bits per heavy atom. The maximum absolute atomic E-state index is 13.9. The number of amides is 1. The second-order valence-corrected chi connectivity index (χ2v) is 13.8. The number of rotatable bonds is 4. The van der Waals surface area contributed by atoms with Crippen molar-refractivity contribution in [2.45, 2.75) is 82.7 Å². The lowest BCUT2D eigenvalue weighted by Gasteiger charge is -2.46. The SMILES string of the molecule is CN(CC1CN(C(=O)OC(C)(C)C)CCS1=O)c1cc(N2CCCC3(CCCCC3)C2)nc(C(F)(F)F)n1. The molecule has 0 radical (unpaired) electrons. The predicted molar refractivity (Wildman–Crippen MR) is 142 cm³/mol. The number of carbonyl (C=O) groups excluding carboxylic acids is 1. The number of hydrogen-bond acceptors (Lipinski definition) is 7. The van der Waals surface area contributed by atoms with Crippen LogP contribution < -0.4 is 9.80 Å². The van der Waals surface area contributed by atoms with Crippen LogP contribution in [0.15, 0.2) is 6.07 Å². The minimum atomic E-state index is -4.69. The number of halogens is 3. The Hall–Kier alpha value is -2.11. The maximum atomic E-state index is 13.9. The molecule has 2 atom stereocenters. The Morgan fingerprint density at radius 3 is 2.47 bits per heavy atom. The highest BCUT2D eigenvalue weighted by Gasteiger charge is 2.40. The Balaban J connectivity index is 1.53. The minimum Gasteiger partial charge on any atom is -0.444 e. The molecule has 2 aliphatic heterocycles. The van der Waals surface area contributed by atoms with E-state index < -0.39 is 39.7 Å². The molecule has 8 nitrogen and oxygen atoms in total. The minimum absolute atomic E-state index is 0.136. The smallest absolute Gasteiger partial charge is 0.444 e. The van der Waals surface area contributed by atoms with Crippen molar-refractivity contribution in [1.82, 2.24) is 14.9 Å². The van der Waals surface area contributed by atoms with Crippen molar-refractivity contribution in [2.75, 3.05) is 55.3 Å². The molecule has 1 aliphatic carbocycles. The first-order valence-corrected chi connectivity index (χ1v) is 14.9. The van der Waals surface area contributed by atoms with Gasteiger partial charge in [-0.15, -0.1) is 0 Å². The molecule has 3 fully saturated rings. The second-order valence-electron chi connectivity index (χ2n) is 12.0. The van der Waals surface area contributed by atoms with E-state index in [4.69, 9.17) is 4.74 Å². The number of aromatic nitrogens is 2. The van der Waals surface area contributed by atoms with E-state index >= 15 is 0 Å². The number of carbonyl (C=O) groups is 1. The van der Waals surface area contributed by atoms with Crippen molar-refractivity contribution in [2.24, 2.45) is 5.41 Å². The molecule has 3 aliphatic rings. The summed E-state index contributed by atoms with van der Waals surface area (Å²) in [6, 6.07) is 1.62. The number of ether oxygens (including phenoxy) is 1. The first-order valence-electron chi connectivity index (χ1n) is 13.5. The summed E-state index contributed by atoms with van der Waals surface area (Å²) in [7, 11) is 0.408. The van der Waals surface area contributed by atoms with Gasteiger partial charge < -0.3 is 19.4 Å². The molecule has 1 amide bonds. The molecule has 0 aromatic carbocycles. The average molecular weight is 560 g/mol. The Kier molecular flexibility index (Phi) is 8.49. The molecule has 2 unspecified atom stereocenters. The molecule has 3 heterocycles. The van der Waals surface area contributed by atoms with E-state index in [1.165, 1.54) is 11.3 Å². The van der Waals surface area contributed by atoms with Gasteiger partial charge in [0.05, 0.1) is 5.25 Å². The third-order valence-corrected chi connectivity index (χ3v) is 9.36. The number of piperidine rings is 1. The zero-order valence-electron chi connectivity index (χ0n) is 22.9. The lowest BCUT2D eigenvalue weighted by atomic mass is 9.69. The fraction of sp³-hybridized carbons (Fsp3) is 0.808. The highest BCUT2D eigenvalue weighted by atomic mass is 32.2. The zero-order chi connectivity index (χ0) is 27.7. The molecule has 0 N–H and O–H groups in total. The lowest BCUT2D eigenvalue weighted by Crippen LogP contribution is -2.51. The Labute approximate surface area is 225 Å². The molecular weight excluding hydrogens is 519 g/mol. The van der Waals surface area contributed by atoms with Crippen LogP contribution in [-0.4, -0.2) is 81.5 Å². The first kappa shape index (κ1) is 28.9. The van der Waals surface area contributed by atoms with Gasteiger partial charge in [0.15, 0.2) is 0 Å². The number of hydrogen-bond donors (Lipinski definition) is 0. The largest absolute Gasteiger partial charge is 0.451 e. The standard InChI is InChI=1S/C26H40F3N5O3S/c1-24(2,3)37-23(35)33-13-14-38(36)19(17-33)16-32(4)20-15-21(31-22(30-20)26(27,28)29)34-12-8-11-25(18-34)9-6-5-7-10-25/h15,19H,5-14,16-18H2,1-4H3. The van der Waals surface area contributed by atoms with Crippen molar-refractivity contribution >= 4 is 28.5 Å². The third kappa shape index (κ3) is 7.09. The normalized spacial score (nSPS) is 24.4. The van der Waals surface area contributed by atoms with Crippen molar-refractivity contribution in [1.29, 1.82) is 0 Å². The highest BCUT2D eigenvalue weighted by Crippen LogP contribution is 2.44. The lowest BCUT2D eigenvalue weighted by molar-refractivity contribution is -0.144. The predicted octanol–water partition coefficient (Wildman–Crippen LogP) is 4.85. The van der Waals surface area contributed by atoms with Crippen LogP contribution in [0.25, 0.3) is 0 Å². The monoisotopic (exact) mass is 559 g/mol. The van der Waals surface area contributed by atoms with E-state index in [2.05, 4.69) is 9.97 Å². The summed E-state index contributed by atoms with van der Waals surface area (Å²) in [5, 5.41) is -0.450. The molecule has 1 saturated carbocycles. The van der Waals surface area contributed by atoms with Crippen LogP contribution >= 0.6 is 0 Å². The third-order valence-electron chi connectivity index (χ3n) is 7.73. The van der Waals surface area contributed by atoms with Crippen molar-refractivity contribution < 1.29 is 26.9 Å². The van der Waals surface area contributed by atoms with E-state index in [-0.39, 0.29) is 30.1 Å². The van der Waals surface area contributed by atoms with Crippen LogP contribution in [0.2, 0.25) is 0 Å². The topological polar surface area (TPSA) is 78.9 Å². The van der Waals surface area contributed by atoms with E-state index in [0.717, 1.165) is 38.5 Å². The molecule has 1 aromatic heterocycles. The fourth-order valence-corrected chi connectivity index (χ4v) is 7.31. The summed E-state index contributed by atoms with van der Waals surface area (Å²) >= 11 is 0. The van der Waals surface area contributed by atoms with Crippen LogP contribution in [0.5, 0.6) is 0 Å². The molecule has 214 valence electrons. The van der Waals surface area contributed by atoms with Gasteiger partial charge in [-0.3, -0.25) is 4.21 Å². The molecule has 1 spiro atoms. The molecule has 12 heteroatoms. The van der Waals surface area contributed by atoms with E-state index in [1.54, 1.807) is 38.8 Å². The van der Waals surface area contributed by atoms with E-state index in [9.17, 15) is 22.2 Å². The maximum Gasteiger partial charge on any atom is 0.451 e. The quantitative estimate of drug-likeness (QED) is 0.522. The van der Waals surface area contributed by atoms with Crippen LogP contribution in [0.3, 0.4) is 0 Å². The van der Waals surface area contributed by atoms with E-state index in [0.29, 0.717) is 25.5 Å².